The number of alkyl halides is 2. The van der Waals surface area contributed by atoms with Crippen molar-refractivity contribution < 1.29 is 28.2 Å². The topological polar surface area (TPSA) is 93.6 Å². The van der Waals surface area contributed by atoms with Crippen LogP contribution < -0.4 is 14.8 Å². The Morgan fingerprint density at radius 1 is 1.00 bits per heavy atom. The van der Waals surface area contributed by atoms with Gasteiger partial charge in [-0.15, -0.1) is 0 Å². The lowest BCUT2D eigenvalue weighted by Gasteiger charge is -2.13. The average Bonchev–Trinajstić information content (AvgIpc) is 2.88. The first-order valence-electron chi connectivity index (χ1n) is 11.4. The number of fused-ring (bicyclic) bond motifs is 1. The van der Waals surface area contributed by atoms with Crippen LogP contribution in [0.15, 0.2) is 67.0 Å². The summed E-state index contributed by atoms with van der Waals surface area (Å²) < 4.78 is 37.7. The molecular weight excluding hydrogens is 468 g/mol. The van der Waals surface area contributed by atoms with E-state index in [0.717, 1.165) is 16.5 Å². The molecule has 0 fully saturated rings. The fourth-order valence-electron chi connectivity index (χ4n) is 3.92. The third-order valence-electron chi connectivity index (χ3n) is 5.54. The summed E-state index contributed by atoms with van der Waals surface area (Å²) in [4.78, 5) is 19.4. The number of rotatable bonds is 11. The lowest BCUT2D eigenvalue weighted by molar-refractivity contribution is -0.139. The Morgan fingerprint density at radius 3 is 2.56 bits per heavy atom. The molecule has 0 amide bonds. The van der Waals surface area contributed by atoms with Crippen LogP contribution in [0.25, 0.3) is 22.0 Å². The zero-order valence-corrected chi connectivity index (χ0v) is 19.6. The van der Waals surface area contributed by atoms with Crippen LogP contribution in [0.2, 0.25) is 0 Å². The normalized spacial score (nSPS) is 11.0. The molecule has 0 aliphatic heterocycles. The second kappa shape index (κ2) is 11.4. The maximum absolute atomic E-state index is 13.4. The van der Waals surface area contributed by atoms with E-state index in [9.17, 15) is 13.6 Å². The molecule has 0 bridgehead atoms. The number of nitrogens with zero attached hydrogens (tertiary/aromatic N) is 2. The fourth-order valence-corrected chi connectivity index (χ4v) is 3.92. The molecule has 3 aromatic carbocycles. The molecule has 0 saturated heterocycles. The molecule has 0 spiro atoms. The number of carboxylic acid groups (broad SMARTS) is 1. The van der Waals surface area contributed by atoms with Gasteiger partial charge in [0.15, 0.2) is 18.1 Å². The van der Waals surface area contributed by atoms with Crippen molar-refractivity contribution in [3.63, 3.8) is 0 Å². The van der Waals surface area contributed by atoms with Crippen LogP contribution in [0, 0.1) is 0 Å². The predicted octanol–water partition coefficient (Wildman–Crippen LogP) is 5.75. The first-order chi connectivity index (χ1) is 17.5. The monoisotopic (exact) mass is 493 g/mol. The average molecular weight is 494 g/mol. The number of anilines is 1. The number of ether oxygens (including phenoxy) is 2. The quantitative estimate of drug-likeness (QED) is 0.275. The largest absolute Gasteiger partial charge is 0.490 e. The van der Waals surface area contributed by atoms with Gasteiger partial charge in [-0.25, -0.2) is 23.5 Å². The van der Waals surface area contributed by atoms with Gasteiger partial charge in [-0.1, -0.05) is 36.4 Å². The molecular formula is C27H25F2N3O4. The molecule has 1 aromatic heterocycles. The molecule has 0 radical (unpaired) electrons. The van der Waals surface area contributed by atoms with Crippen LogP contribution in [0.4, 0.5) is 14.6 Å². The Kier molecular flexibility index (Phi) is 7.89. The number of hydrogen-bond donors (Lipinski definition) is 2. The van der Waals surface area contributed by atoms with Gasteiger partial charge in [0, 0.05) is 23.7 Å². The molecule has 1 heterocycles. The summed E-state index contributed by atoms with van der Waals surface area (Å²) >= 11 is 0. The number of benzene rings is 3. The van der Waals surface area contributed by atoms with Gasteiger partial charge in [0.05, 0.1) is 12.3 Å². The minimum Gasteiger partial charge on any atom is -0.490 e. The Morgan fingerprint density at radius 2 is 1.81 bits per heavy atom. The van der Waals surface area contributed by atoms with Crippen LogP contribution in [0.3, 0.4) is 0 Å². The van der Waals surface area contributed by atoms with Crippen LogP contribution in [0.5, 0.6) is 11.5 Å². The van der Waals surface area contributed by atoms with Gasteiger partial charge in [-0.2, -0.15) is 0 Å². The maximum Gasteiger partial charge on any atom is 0.341 e. The van der Waals surface area contributed by atoms with Crippen molar-refractivity contribution in [1.82, 2.24) is 9.97 Å². The van der Waals surface area contributed by atoms with E-state index in [2.05, 4.69) is 15.3 Å². The fraction of sp³-hybridized carbons (Fsp3) is 0.222. The molecule has 9 heteroatoms. The third kappa shape index (κ3) is 5.86. The highest BCUT2D eigenvalue weighted by Gasteiger charge is 2.14. The highest BCUT2D eigenvalue weighted by Crippen LogP contribution is 2.33. The molecule has 0 atom stereocenters. The van der Waals surface area contributed by atoms with E-state index in [0.29, 0.717) is 48.0 Å². The van der Waals surface area contributed by atoms with E-state index in [1.54, 1.807) is 42.5 Å². The molecule has 0 aliphatic rings. The van der Waals surface area contributed by atoms with E-state index in [1.807, 2.05) is 19.1 Å². The van der Waals surface area contributed by atoms with Gasteiger partial charge in [0.2, 0.25) is 0 Å². The van der Waals surface area contributed by atoms with Crippen molar-refractivity contribution in [3.05, 3.63) is 78.1 Å². The molecule has 186 valence electrons. The Bertz CT molecular complexity index is 1360. The number of carbonyl (C=O) groups is 1. The molecule has 36 heavy (non-hydrogen) atoms. The highest BCUT2D eigenvalue weighted by molar-refractivity contribution is 5.89. The summed E-state index contributed by atoms with van der Waals surface area (Å²) in [5.41, 5.74) is 2.40. The number of aliphatic carboxylic acids is 1. The molecule has 0 unspecified atom stereocenters. The van der Waals surface area contributed by atoms with Gasteiger partial charge in [0.1, 0.15) is 12.1 Å². The Labute approximate surface area is 206 Å². The van der Waals surface area contributed by atoms with Gasteiger partial charge in [-0.3, -0.25) is 0 Å². The van der Waals surface area contributed by atoms with Crippen LogP contribution in [-0.2, 0) is 11.2 Å². The zero-order chi connectivity index (χ0) is 25.5. The summed E-state index contributed by atoms with van der Waals surface area (Å²) in [6, 6.07) is 17.4. The smallest absolute Gasteiger partial charge is 0.341 e. The molecule has 2 N–H and O–H groups in total. The lowest BCUT2D eigenvalue weighted by Crippen LogP contribution is -2.10. The summed E-state index contributed by atoms with van der Waals surface area (Å²) in [5, 5.41) is 13.5. The van der Waals surface area contributed by atoms with E-state index in [-0.39, 0.29) is 5.56 Å². The van der Waals surface area contributed by atoms with Crippen molar-refractivity contribution in [3.8, 4) is 22.8 Å². The maximum atomic E-state index is 13.4. The van der Waals surface area contributed by atoms with Crippen molar-refractivity contribution in [2.24, 2.45) is 0 Å². The van der Waals surface area contributed by atoms with Crippen LogP contribution in [-0.4, -0.2) is 40.8 Å². The first kappa shape index (κ1) is 24.8. The molecule has 7 nitrogen and oxygen atoms in total. The number of carboxylic acids is 1. The van der Waals surface area contributed by atoms with E-state index in [1.165, 1.54) is 12.4 Å². The standard InChI is InChI=1S/C27H25F2N3O4/c1-2-35-24-13-18(8-10-23(24)36-15-26(33)34)22-14-25(32-16-31-22)30-12-11-17-7-9-21(27(28)29)20-6-4-3-5-19(17)20/h3-10,13-14,16,27H,2,11-12,15H2,1H3,(H,33,34)(H,30,31,32). The molecule has 4 aromatic rings. The van der Waals surface area contributed by atoms with Crippen LogP contribution in [0.1, 0.15) is 24.5 Å². The van der Waals surface area contributed by atoms with Crippen molar-refractivity contribution in [2.75, 3.05) is 25.1 Å². The number of aromatic nitrogens is 2. The minimum absolute atomic E-state index is 0.0357. The van der Waals surface area contributed by atoms with Gasteiger partial charge in [0.25, 0.3) is 6.43 Å². The second-order valence-corrected chi connectivity index (χ2v) is 7.90. The highest BCUT2D eigenvalue weighted by atomic mass is 19.3. The van der Waals surface area contributed by atoms with E-state index < -0.39 is 19.0 Å². The lowest BCUT2D eigenvalue weighted by atomic mass is 9.98. The van der Waals surface area contributed by atoms with E-state index >= 15 is 0 Å². The molecule has 0 aliphatic carbocycles. The SMILES string of the molecule is CCOc1cc(-c2cc(NCCc3ccc(C(F)F)c4ccccc34)ncn2)ccc1OCC(=O)O. The number of halogens is 2. The molecule has 4 rings (SSSR count). The van der Waals surface area contributed by atoms with Crippen LogP contribution >= 0.6 is 0 Å². The first-order valence-corrected chi connectivity index (χ1v) is 11.4. The van der Waals surface area contributed by atoms with Crippen molar-refractivity contribution >= 4 is 22.6 Å². The summed E-state index contributed by atoms with van der Waals surface area (Å²) in [7, 11) is 0. The Hall–Kier alpha value is -4.27. The predicted molar refractivity (Wildman–Crippen MR) is 133 cm³/mol. The van der Waals surface area contributed by atoms with Gasteiger partial charge < -0.3 is 19.9 Å². The third-order valence-corrected chi connectivity index (χ3v) is 5.54. The number of nitrogens with one attached hydrogen (secondary N) is 1. The van der Waals surface area contributed by atoms with Crippen molar-refractivity contribution in [2.45, 2.75) is 19.8 Å². The van der Waals surface area contributed by atoms with Gasteiger partial charge in [-0.05, 0) is 47.9 Å². The van der Waals surface area contributed by atoms with Gasteiger partial charge >= 0.3 is 5.97 Å². The van der Waals surface area contributed by atoms with Crippen molar-refractivity contribution in [1.29, 1.82) is 0 Å². The minimum atomic E-state index is -2.53. The Balaban J connectivity index is 1.48. The summed E-state index contributed by atoms with van der Waals surface area (Å²) in [6.07, 6.45) is -0.463. The second-order valence-electron chi connectivity index (χ2n) is 7.90. The summed E-state index contributed by atoms with van der Waals surface area (Å²) in [6.45, 7) is 2.28. The van der Waals surface area contributed by atoms with E-state index in [4.69, 9.17) is 14.6 Å². The number of hydrogen-bond acceptors (Lipinski definition) is 6. The zero-order valence-electron chi connectivity index (χ0n) is 19.6. The molecule has 0 saturated carbocycles. The summed E-state index contributed by atoms with van der Waals surface area (Å²) in [5.74, 6) is 0.285.